The molecule has 2 N–H and O–H groups in total. The number of nitrogens with zero attached hydrogens (tertiary/aromatic N) is 4. The number of piperazine rings is 1. The van der Waals surface area contributed by atoms with Crippen LogP contribution in [0.1, 0.15) is 43.5 Å². The molecular weight excluding hydrogens is 459 g/mol. The van der Waals surface area contributed by atoms with Crippen molar-refractivity contribution in [2.24, 2.45) is 5.92 Å². The van der Waals surface area contributed by atoms with Crippen LogP contribution in [0.2, 0.25) is 0 Å². The van der Waals surface area contributed by atoms with Gasteiger partial charge in [0.2, 0.25) is 0 Å². The van der Waals surface area contributed by atoms with E-state index in [9.17, 15) is 4.39 Å². The molecule has 2 heterocycles. The number of halogens is 1. The third kappa shape index (κ3) is 6.31. The number of rotatable bonds is 9. The van der Waals surface area contributed by atoms with Crippen LogP contribution in [-0.2, 0) is 6.54 Å². The van der Waals surface area contributed by atoms with Crippen LogP contribution in [0.4, 0.5) is 15.8 Å². The monoisotopic (exact) mass is 494 g/mol. The molecule has 0 radical (unpaired) electrons. The number of hydrogen-bond donors (Lipinski definition) is 2. The molecule has 4 rings (SSSR count). The lowest BCUT2D eigenvalue weighted by atomic mass is 9.94. The summed E-state index contributed by atoms with van der Waals surface area (Å²) in [5, 5.41) is 15.9. The van der Waals surface area contributed by atoms with Crippen molar-refractivity contribution in [3.8, 4) is 0 Å². The molecule has 1 saturated heterocycles. The van der Waals surface area contributed by atoms with E-state index in [0.29, 0.717) is 5.92 Å². The van der Waals surface area contributed by atoms with Gasteiger partial charge in [0.15, 0.2) is 0 Å². The lowest BCUT2D eigenvalue weighted by Gasteiger charge is -2.42. The fourth-order valence-corrected chi connectivity index (χ4v) is 5.54. The highest BCUT2D eigenvalue weighted by Gasteiger charge is 2.31. The van der Waals surface area contributed by atoms with Gasteiger partial charge < -0.3 is 10.7 Å². The molecule has 1 aromatic heterocycles. The van der Waals surface area contributed by atoms with E-state index < -0.39 is 0 Å². The topological polar surface area (TPSA) is 60.2 Å². The number of aryl methyl sites for hydroxylation is 2. The molecule has 1 unspecified atom stereocenters. The molecule has 1 fully saturated rings. The molecule has 0 saturated carbocycles. The normalized spacial score (nSPS) is 17.1. The van der Waals surface area contributed by atoms with E-state index in [1.807, 2.05) is 10.9 Å². The van der Waals surface area contributed by atoms with Crippen molar-refractivity contribution in [2.75, 3.05) is 31.5 Å². The molecule has 0 amide bonds. The molecular formula is C27H35FN6S. The van der Waals surface area contributed by atoms with E-state index in [1.165, 1.54) is 34.4 Å². The van der Waals surface area contributed by atoms with Gasteiger partial charge in [-0.15, -0.1) is 0 Å². The summed E-state index contributed by atoms with van der Waals surface area (Å²) in [5.41, 5.74) is 4.93. The highest BCUT2D eigenvalue weighted by Crippen LogP contribution is 2.36. The summed E-state index contributed by atoms with van der Waals surface area (Å²) in [5.74, 6) is 0.308. The molecule has 1 aliphatic heterocycles. The van der Waals surface area contributed by atoms with Gasteiger partial charge >= 0.3 is 0 Å². The van der Waals surface area contributed by atoms with Crippen LogP contribution < -0.4 is 5.32 Å². The third-order valence-electron chi connectivity index (χ3n) is 6.30. The van der Waals surface area contributed by atoms with Crippen molar-refractivity contribution in [3.05, 3.63) is 71.3 Å². The molecule has 0 aliphatic carbocycles. The lowest BCUT2D eigenvalue weighted by molar-refractivity contribution is 0.110. The van der Waals surface area contributed by atoms with Gasteiger partial charge in [-0.05, 0) is 79.2 Å². The molecule has 35 heavy (non-hydrogen) atoms. The van der Waals surface area contributed by atoms with Crippen molar-refractivity contribution in [1.82, 2.24) is 19.0 Å². The number of benzene rings is 2. The highest BCUT2D eigenvalue weighted by atomic mass is 32.2. The van der Waals surface area contributed by atoms with Gasteiger partial charge in [-0.1, -0.05) is 13.8 Å². The average molecular weight is 495 g/mol. The van der Waals surface area contributed by atoms with Gasteiger partial charge in [-0.3, -0.25) is 9.58 Å². The minimum atomic E-state index is -0.263. The van der Waals surface area contributed by atoms with E-state index in [2.05, 4.69) is 65.6 Å². The van der Waals surface area contributed by atoms with Crippen LogP contribution in [0.25, 0.3) is 0 Å². The highest BCUT2D eigenvalue weighted by molar-refractivity contribution is 7.97. The van der Waals surface area contributed by atoms with E-state index in [1.54, 1.807) is 24.1 Å². The molecule has 1 atom stereocenters. The van der Waals surface area contributed by atoms with Crippen LogP contribution >= 0.6 is 11.9 Å². The van der Waals surface area contributed by atoms with Crippen LogP contribution in [0.3, 0.4) is 0 Å². The van der Waals surface area contributed by atoms with E-state index in [0.717, 1.165) is 49.7 Å². The third-order valence-corrected chi connectivity index (χ3v) is 7.31. The van der Waals surface area contributed by atoms with Crippen LogP contribution in [0.15, 0.2) is 53.7 Å². The Morgan fingerprint density at radius 2 is 2.00 bits per heavy atom. The van der Waals surface area contributed by atoms with Crippen molar-refractivity contribution in [1.29, 1.82) is 5.41 Å². The first-order chi connectivity index (χ1) is 16.9. The van der Waals surface area contributed by atoms with Crippen molar-refractivity contribution in [3.63, 3.8) is 0 Å². The van der Waals surface area contributed by atoms with Crippen LogP contribution in [-0.4, -0.2) is 51.4 Å². The molecule has 0 bridgehead atoms. The minimum Gasteiger partial charge on any atom is -0.355 e. The smallest absolute Gasteiger partial charge is 0.123 e. The summed E-state index contributed by atoms with van der Waals surface area (Å²) in [6.45, 7) is 13.6. The second-order valence-electron chi connectivity index (χ2n) is 9.49. The fraction of sp³-hybridized carbons (Fsp3) is 0.407. The molecule has 1 aliphatic rings. The first-order valence-electron chi connectivity index (χ1n) is 12.2. The molecule has 2 aromatic carbocycles. The number of nitrogens with one attached hydrogen (secondary N) is 2. The van der Waals surface area contributed by atoms with E-state index in [-0.39, 0.29) is 11.9 Å². The summed E-state index contributed by atoms with van der Waals surface area (Å²) < 4.78 is 17.7. The number of hydrogen-bond acceptors (Lipinski definition) is 6. The van der Waals surface area contributed by atoms with Gasteiger partial charge in [0, 0.05) is 68.1 Å². The predicted octanol–water partition coefficient (Wildman–Crippen LogP) is 6.11. The SMILES string of the molecule is CCn1cc(SN2CCN(CC(C)C)C(c3cc(C=N)c(Nc4ccc(F)cc4)cc3C)C2)cn1. The standard InChI is InChI=1S/C27H35FN6S/c1-5-33-17-24(15-30-33)35-34-11-10-32(16-19(2)3)27(18-34)25-13-21(14-29)26(12-20(25)4)31-23-8-6-22(28)7-9-23/h6-9,12-15,17,19,27,29,31H,5,10-11,16,18H2,1-4H3. The molecule has 8 heteroatoms. The van der Waals surface area contributed by atoms with E-state index >= 15 is 0 Å². The van der Waals surface area contributed by atoms with Crippen LogP contribution in [0.5, 0.6) is 0 Å². The second kappa shape index (κ2) is 11.4. The van der Waals surface area contributed by atoms with Gasteiger partial charge in [-0.2, -0.15) is 5.10 Å². The van der Waals surface area contributed by atoms with Crippen molar-refractivity contribution < 1.29 is 4.39 Å². The summed E-state index contributed by atoms with van der Waals surface area (Å²) in [6, 6.07) is 10.8. The molecule has 186 valence electrons. The first kappa shape index (κ1) is 25.4. The largest absolute Gasteiger partial charge is 0.355 e. The maximum Gasteiger partial charge on any atom is 0.123 e. The predicted molar refractivity (Wildman–Crippen MR) is 143 cm³/mol. The molecule has 3 aromatic rings. The number of aromatic nitrogens is 2. The quantitative estimate of drug-likeness (QED) is 0.277. The fourth-order valence-electron chi connectivity index (χ4n) is 4.59. The Morgan fingerprint density at radius 1 is 1.23 bits per heavy atom. The number of anilines is 2. The van der Waals surface area contributed by atoms with Gasteiger partial charge in [0.05, 0.1) is 11.1 Å². The zero-order valence-electron chi connectivity index (χ0n) is 21.0. The molecule has 6 nitrogen and oxygen atoms in total. The first-order valence-corrected chi connectivity index (χ1v) is 13.0. The Bertz CT molecular complexity index is 1140. The Kier molecular flexibility index (Phi) is 8.26. The van der Waals surface area contributed by atoms with Crippen molar-refractivity contribution in [2.45, 2.75) is 45.2 Å². The molecule has 0 spiro atoms. The zero-order chi connectivity index (χ0) is 24.9. The van der Waals surface area contributed by atoms with Gasteiger partial charge in [0.1, 0.15) is 5.82 Å². The maximum atomic E-state index is 13.3. The second-order valence-corrected chi connectivity index (χ2v) is 10.7. The minimum absolute atomic E-state index is 0.235. The Morgan fingerprint density at radius 3 is 2.66 bits per heavy atom. The van der Waals surface area contributed by atoms with Crippen molar-refractivity contribution >= 4 is 29.5 Å². The summed E-state index contributed by atoms with van der Waals surface area (Å²) in [6.07, 6.45) is 5.45. The Balaban J connectivity index is 1.60. The van der Waals surface area contributed by atoms with Gasteiger partial charge in [-0.25, -0.2) is 8.70 Å². The lowest BCUT2D eigenvalue weighted by Crippen LogP contribution is -2.47. The summed E-state index contributed by atoms with van der Waals surface area (Å²) in [7, 11) is 0. The summed E-state index contributed by atoms with van der Waals surface area (Å²) >= 11 is 1.78. The van der Waals surface area contributed by atoms with Crippen LogP contribution in [0, 0.1) is 24.1 Å². The summed E-state index contributed by atoms with van der Waals surface area (Å²) in [4.78, 5) is 3.75. The Labute approximate surface area is 212 Å². The Hall–Kier alpha value is -2.68. The zero-order valence-corrected chi connectivity index (χ0v) is 21.8. The maximum absolute atomic E-state index is 13.3. The van der Waals surface area contributed by atoms with Gasteiger partial charge in [0.25, 0.3) is 0 Å². The van der Waals surface area contributed by atoms with E-state index in [4.69, 9.17) is 5.41 Å². The average Bonchev–Trinajstić information content (AvgIpc) is 3.29.